The van der Waals surface area contributed by atoms with E-state index < -0.39 is 0 Å². The molecular formula is C21H30N6O. The molecule has 2 saturated heterocycles. The number of ether oxygens (including phenoxy) is 1. The molecule has 2 aliphatic rings. The van der Waals surface area contributed by atoms with Crippen LogP contribution >= 0.6 is 0 Å². The Labute approximate surface area is 167 Å². The Morgan fingerprint density at radius 2 is 2.00 bits per heavy atom. The van der Waals surface area contributed by atoms with Gasteiger partial charge in [-0.1, -0.05) is 6.07 Å². The number of pyridine rings is 1. The minimum atomic E-state index is 0.457. The molecule has 0 saturated carbocycles. The summed E-state index contributed by atoms with van der Waals surface area (Å²) in [5.41, 5.74) is 2.45. The standard InChI is InChI=1S/C21H30N6O/c1-17-18(5-3-8-22-17)15-26-10-4-6-19(16-26)25(2)20-7-9-23-21(24-20)27-11-13-28-14-12-27/h3,5,7-9,19H,4,6,10-16H2,1-2H3. The summed E-state index contributed by atoms with van der Waals surface area (Å²) in [4.78, 5) is 20.8. The maximum atomic E-state index is 5.45. The molecule has 0 amide bonds. The van der Waals surface area contributed by atoms with Crippen molar-refractivity contribution in [3.05, 3.63) is 41.9 Å². The van der Waals surface area contributed by atoms with E-state index in [1.807, 2.05) is 24.5 Å². The predicted octanol–water partition coefficient (Wildman–Crippen LogP) is 2.12. The quantitative estimate of drug-likeness (QED) is 0.785. The van der Waals surface area contributed by atoms with Crippen LogP contribution in [-0.4, -0.2) is 72.3 Å². The van der Waals surface area contributed by atoms with Crippen molar-refractivity contribution in [2.24, 2.45) is 0 Å². The van der Waals surface area contributed by atoms with Crippen LogP contribution in [0.3, 0.4) is 0 Å². The van der Waals surface area contributed by atoms with Crippen molar-refractivity contribution < 1.29 is 4.74 Å². The van der Waals surface area contributed by atoms with Gasteiger partial charge in [0.25, 0.3) is 0 Å². The van der Waals surface area contributed by atoms with E-state index in [0.29, 0.717) is 6.04 Å². The molecule has 1 unspecified atom stereocenters. The molecule has 4 heterocycles. The summed E-state index contributed by atoms with van der Waals surface area (Å²) < 4.78 is 5.45. The van der Waals surface area contributed by atoms with E-state index in [-0.39, 0.29) is 0 Å². The van der Waals surface area contributed by atoms with Crippen molar-refractivity contribution in [2.45, 2.75) is 32.4 Å². The monoisotopic (exact) mass is 382 g/mol. The lowest BCUT2D eigenvalue weighted by Crippen LogP contribution is -2.46. The molecule has 2 aromatic rings. The van der Waals surface area contributed by atoms with Crippen LogP contribution in [0.4, 0.5) is 11.8 Å². The van der Waals surface area contributed by atoms with E-state index in [1.165, 1.54) is 18.4 Å². The van der Waals surface area contributed by atoms with Crippen LogP contribution in [0, 0.1) is 6.92 Å². The van der Waals surface area contributed by atoms with E-state index in [0.717, 1.165) is 63.4 Å². The SMILES string of the molecule is Cc1ncccc1CN1CCCC(N(C)c2ccnc(N3CCOCC3)n2)C1. The number of nitrogens with zero attached hydrogens (tertiary/aromatic N) is 6. The van der Waals surface area contributed by atoms with Gasteiger partial charge in [-0.25, -0.2) is 4.98 Å². The van der Waals surface area contributed by atoms with Gasteiger partial charge >= 0.3 is 0 Å². The van der Waals surface area contributed by atoms with Crippen LogP contribution in [0.1, 0.15) is 24.1 Å². The largest absolute Gasteiger partial charge is 0.378 e. The topological polar surface area (TPSA) is 57.6 Å². The number of morpholine rings is 1. The molecule has 0 radical (unpaired) electrons. The number of hydrogen-bond donors (Lipinski definition) is 0. The van der Waals surface area contributed by atoms with Crippen molar-refractivity contribution in [1.82, 2.24) is 19.9 Å². The van der Waals surface area contributed by atoms with Gasteiger partial charge in [-0.3, -0.25) is 9.88 Å². The minimum absolute atomic E-state index is 0.457. The van der Waals surface area contributed by atoms with Gasteiger partial charge in [-0.05, 0) is 44.0 Å². The third-order valence-corrected chi connectivity index (χ3v) is 5.82. The average Bonchev–Trinajstić information content (AvgIpc) is 2.76. The van der Waals surface area contributed by atoms with Gasteiger partial charge in [-0.2, -0.15) is 4.98 Å². The molecular weight excluding hydrogens is 352 g/mol. The molecule has 0 aliphatic carbocycles. The summed E-state index contributed by atoms with van der Waals surface area (Å²) in [5, 5.41) is 0. The van der Waals surface area contributed by atoms with Crippen molar-refractivity contribution in [3.63, 3.8) is 0 Å². The highest BCUT2D eigenvalue weighted by Gasteiger charge is 2.25. The van der Waals surface area contributed by atoms with Gasteiger partial charge < -0.3 is 14.5 Å². The average molecular weight is 383 g/mol. The number of aromatic nitrogens is 3. The number of likely N-dealkylation sites (tertiary alicyclic amines) is 1. The molecule has 28 heavy (non-hydrogen) atoms. The zero-order valence-corrected chi connectivity index (χ0v) is 16.9. The predicted molar refractivity (Wildman–Crippen MR) is 111 cm³/mol. The third-order valence-electron chi connectivity index (χ3n) is 5.82. The summed E-state index contributed by atoms with van der Waals surface area (Å²) >= 11 is 0. The van der Waals surface area contributed by atoms with E-state index >= 15 is 0 Å². The molecule has 1 atom stereocenters. The van der Waals surface area contributed by atoms with Crippen LogP contribution < -0.4 is 9.80 Å². The van der Waals surface area contributed by atoms with Crippen LogP contribution in [0.5, 0.6) is 0 Å². The summed E-state index contributed by atoms with van der Waals surface area (Å²) in [5.74, 6) is 1.81. The molecule has 0 aromatic carbocycles. The number of hydrogen-bond acceptors (Lipinski definition) is 7. The highest BCUT2D eigenvalue weighted by Crippen LogP contribution is 2.23. The Bertz CT molecular complexity index is 779. The maximum absolute atomic E-state index is 5.45. The highest BCUT2D eigenvalue weighted by atomic mass is 16.5. The zero-order valence-electron chi connectivity index (χ0n) is 16.9. The summed E-state index contributed by atoms with van der Waals surface area (Å²) in [7, 11) is 2.16. The molecule has 4 rings (SSSR count). The van der Waals surface area contributed by atoms with Gasteiger partial charge in [0.15, 0.2) is 0 Å². The number of anilines is 2. The Morgan fingerprint density at radius 1 is 1.14 bits per heavy atom. The first-order valence-corrected chi connectivity index (χ1v) is 10.2. The molecule has 2 fully saturated rings. The Balaban J connectivity index is 1.42. The number of likely N-dealkylation sites (N-methyl/N-ethyl adjacent to an activating group) is 1. The molecule has 2 aromatic heterocycles. The van der Waals surface area contributed by atoms with Crippen LogP contribution in [0.2, 0.25) is 0 Å². The lowest BCUT2D eigenvalue weighted by Gasteiger charge is -2.38. The zero-order chi connectivity index (χ0) is 19.3. The van der Waals surface area contributed by atoms with E-state index in [1.54, 1.807) is 0 Å². The fraction of sp³-hybridized carbons (Fsp3) is 0.571. The second kappa shape index (κ2) is 8.84. The van der Waals surface area contributed by atoms with E-state index in [4.69, 9.17) is 9.72 Å². The first kappa shape index (κ1) is 19.1. The van der Waals surface area contributed by atoms with Crippen LogP contribution in [-0.2, 0) is 11.3 Å². The lowest BCUT2D eigenvalue weighted by atomic mass is 10.0. The summed E-state index contributed by atoms with van der Waals surface area (Å²) in [6.07, 6.45) is 6.14. The second-order valence-electron chi connectivity index (χ2n) is 7.70. The van der Waals surface area contributed by atoms with Gasteiger partial charge in [0.1, 0.15) is 5.82 Å². The van der Waals surface area contributed by atoms with Gasteiger partial charge in [0.2, 0.25) is 5.95 Å². The molecule has 7 heteroatoms. The van der Waals surface area contributed by atoms with Gasteiger partial charge in [0, 0.05) is 57.4 Å². The highest BCUT2D eigenvalue weighted by molar-refractivity contribution is 5.44. The van der Waals surface area contributed by atoms with Crippen molar-refractivity contribution in [2.75, 3.05) is 56.2 Å². The first-order valence-electron chi connectivity index (χ1n) is 10.2. The van der Waals surface area contributed by atoms with Gasteiger partial charge in [-0.15, -0.1) is 0 Å². The molecule has 0 bridgehead atoms. The van der Waals surface area contributed by atoms with Crippen LogP contribution in [0.15, 0.2) is 30.6 Å². The van der Waals surface area contributed by atoms with Crippen molar-refractivity contribution >= 4 is 11.8 Å². The first-order chi connectivity index (χ1) is 13.7. The Hall–Kier alpha value is -2.25. The fourth-order valence-corrected chi connectivity index (χ4v) is 4.05. The third kappa shape index (κ3) is 4.42. The molecule has 150 valence electrons. The molecule has 7 nitrogen and oxygen atoms in total. The normalized spacial score (nSPS) is 20.9. The number of aryl methyl sites for hydroxylation is 1. The summed E-state index contributed by atoms with van der Waals surface area (Å²) in [6, 6.07) is 6.70. The number of rotatable bonds is 5. The maximum Gasteiger partial charge on any atom is 0.227 e. The van der Waals surface area contributed by atoms with E-state index in [2.05, 4.69) is 44.7 Å². The Kier molecular flexibility index (Phi) is 6.02. The van der Waals surface area contributed by atoms with Crippen molar-refractivity contribution in [1.29, 1.82) is 0 Å². The van der Waals surface area contributed by atoms with Crippen molar-refractivity contribution in [3.8, 4) is 0 Å². The second-order valence-corrected chi connectivity index (χ2v) is 7.70. The smallest absolute Gasteiger partial charge is 0.227 e. The number of piperidine rings is 1. The minimum Gasteiger partial charge on any atom is -0.378 e. The molecule has 0 N–H and O–H groups in total. The molecule has 0 spiro atoms. The lowest BCUT2D eigenvalue weighted by molar-refractivity contribution is 0.122. The molecule has 2 aliphatic heterocycles. The van der Waals surface area contributed by atoms with Gasteiger partial charge in [0.05, 0.1) is 13.2 Å². The fourth-order valence-electron chi connectivity index (χ4n) is 4.05. The summed E-state index contributed by atoms with van der Waals surface area (Å²) in [6.45, 7) is 8.44. The Morgan fingerprint density at radius 3 is 2.82 bits per heavy atom. The van der Waals surface area contributed by atoms with Crippen LogP contribution in [0.25, 0.3) is 0 Å². The van der Waals surface area contributed by atoms with E-state index in [9.17, 15) is 0 Å².